The second-order valence-electron chi connectivity index (χ2n) is 4.01. The van der Waals surface area contributed by atoms with Crippen LogP contribution in [-0.4, -0.2) is 27.5 Å². The molecule has 0 amide bonds. The number of benzene rings is 1. The van der Waals surface area contributed by atoms with Gasteiger partial charge in [-0.15, -0.1) is 12.4 Å². The summed E-state index contributed by atoms with van der Waals surface area (Å²) < 4.78 is 0.195. The summed E-state index contributed by atoms with van der Waals surface area (Å²) >= 11 is 20.7. The number of hydrogen-bond donors (Lipinski definition) is 0. The van der Waals surface area contributed by atoms with Crippen molar-refractivity contribution in [1.29, 1.82) is 0 Å². The summed E-state index contributed by atoms with van der Waals surface area (Å²) in [5.74, 6) is 0. The fraction of sp³-hybridized carbons (Fsp3) is 0.300. The Morgan fingerprint density at radius 3 is 2.76 bits per heavy atom. The Morgan fingerprint density at radius 2 is 2.14 bits per heavy atom. The van der Waals surface area contributed by atoms with Gasteiger partial charge in [0.25, 0.3) is 5.69 Å². The van der Waals surface area contributed by atoms with Crippen molar-refractivity contribution < 1.29 is 4.92 Å². The highest BCUT2D eigenvalue weighted by Gasteiger charge is 2.40. The molecular weight excluding hydrogens is 400 g/mol. The van der Waals surface area contributed by atoms with E-state index in [9.17, 15) is 10.1 Å². The zero-order chi connectivity index (χ0) is 14.5. The molecule has 2 heterocycles. The number of alkyl halides is 3. The number of nitro benzene ring substituents is 1. The highest BCUT2D eigenvalue weighted by atomic mass is 35.6. The fourth-order valence-corrected chi connectivity index (χ4v) is 5.40. The maximum absolute atomic E-state index is 11.2. The predicted octanol–water partition coefficient (Wildman–Crippen LogP) is 4.63. The van der Waals surface area contributed by atoms with Crippen LogP contribution in [0.1, 0.15) is 5.56 Å². The highest BCUT2D eigenvalue weighted by Crippen LogP contribution is 2.54. The van der Waals surface area contributed by atoms with Crippen LogP contribution < -0.4 is 0 Å². The third-order valence-corrected chi connectivity index (χ3v) is 5.82. The molecule has 0 radical (unpaired) electrons. The molecule has 114 valence electrons. The number of halogens is 4. The average Bonchev–Trinajstić information content (AvgIpc) is 2.70. The summed E-state index contributed by atoms with van der Waals surface area (Å²) in [7, 11) is 0. The van der Waals surface area contributed by atoms with E-state index in [4.69, 9.17) is 34.8 Å². The van der Waals surface area contributed by atoms with Crippen LogP contribution >= 0.6 is 70.9 Å². The number of aliphatic imine (C=N–C) groups is 1. The standard InChI is InChI=1S/C10H6Cl3N3O2S2.ClH/c11-10(12,13)7-6-2-1-5(16(17)18)8(7)20-15-4-3-14-9(15)19-6;/h1-3,9H,4H2;1H. The molecule has 0 spiro atoms. The van der Waals surface area contributed by atoms with E-state index < -0.39 is 8.72 Å². The normalized spacial score (nSPS) is 20.6. The van der Waals surface area contributed by atoms with Gasteiger partial charge in [0.1, 0.15) is 4.90 Å². The van der Waals surface area contributed by atoms with Gasteiger partial charge in [0, 0.05) is 29.3 Å². The molecule has 1 aromatic rings. The zero-order valence-electron chi connectivity index (χ0n) is 10.0. The third kappa shape index (κ3) is 3.24. The van der Waals surface area contributed by atoms with Gasteiger partial charge in [-0.25, -0.2) is 4.31 Å². The molecule has 11 heteroatoms. The smallest absolute Gasteiger partial charge is 0.265 e. The largest absolute Gasteiger partial charge is 0.284 e. The third-order valence-electron chi connectivity index (χ3n) is 2.76. The number of thioether (sulfide) groups is 1. The first-order valence-electron chi connectivity index (χ1n) is 5.39. The first kappa shape index (κ1) is 17.5. The maximum atomic E-state index is 11.2. The lowest BCUT2D eigenvalue weighted by molar-refractivity contribution is -0.387. The number of rotatable bonds is 1. The summed E-state index contributed by atoms with van der Waals surface area (Å²) in [4.78, 5) is 16.1. The van der Waals surface area contributed by atoms with Crippen LogP contribution in [0.5, 0.6) is 0 Å². The van der Waals surface area contributed by atoms with E-state index >= 15 is 0 Å². The van der Waals surface area contributed by atoms with E-state index in [1.807, 2.05) is 4.31 Å². The lowest BCUT2D eigenvalue weighted by Gasteiger charge is -2.18. The van der Waals surface area contributed by atoms with Crippen molar-refractivity contribution in [3.8, 4) is 0 Å². The minimum Gasteiger partial charge on any atom is -0.265 e. The van der Waals surface area contributed by atoms with Gasteiger partial charge in [0.05, 0.1) is 4.92 Å². The Bertz CT molecular complexity index is 623. The van der Waals surface area contributed by atoms with Gasteiger partial charge in [-0.05, 0) is 18.0 Å². The monoisotopic (exact) mass is 405 g/mol. The second-order valence-corrected chi connectivity index (χ2v) is 8.45. The quantitative estimate of drug-likeness (QED) is 0.294. The molecule has 0 aromatic heterocycles. The molecule has 0 fully saturated rings. The summed E-state index contributed by atoms with van der Waals surface area (Å²) in [6.45, 7) is 0.594. The number of hydrogen-bond acceptors (Lipinski definition) is 6. The number of fused-ring (bicyclic) bond motifs is 3. The van der Waals surface area contributed by atoms with E-state index in [1.165, 1.54) is 29.8 Å². The van der Waals surface area contributed by atoms with Crippen LogP contribution in [0.15, 0.2) is 26.9 Å². The van der Waals surface area contributed by atoms with E-state index in [-0.39, 0.29) is 23.6 Å². The zero-order valence-corrected chi connectivity index (χ0v) is 14.8. The maximum Gasteiger partial charge on any atom is 0.284 e. The van der Waals surface area contributed by atoms with Gasteiger partial charge in [0.2, 0.25) is 3.79 Å². The Hall–Kier alpha value is 0.110. The molecule has 2 aliphatic rings. The molecule has 5 nitrogen and oxygen atoms in total. The van der Waals surface area contributed by atoms with E-state index in [1.54, 1.807) is 12.3 Å². The molecule has 0 aliphatic carbocycles. The average molecular weight is 407 g/mol. The number of nitro groups is 1. The minimum absolute atomic E-state index is 0. The Labute approximate surface area is 150 Å². The van der Waals surface area contributed by atoms with Gasteiger partial charge in [-0.1, -0.05) is 46.6 Å². The van der Waals surface area contributed by atoms with E-state index in [0.717, 1.165) is 0 Å². The van der Waals surface area contributed by atoms with Crippen LogP contribution in [0.3, 0.4) is 0 Å². The minimum atomic E-state index is -1.72. The molecule has 2 bridgehead atoms. The molecule has 1 unspecified atom stereocenters. The molecule has 0 N–H and O–H groups in total. The van der Waals surface area contributed by atoms with Gasteiger partial charge in [-0.3, -0.25) is 15.1 Å². The molecule has 21 heavy (non-hydrogen) atoms. The van der Waals surface area contributed by atoms with Crippen LogP contribution in [0, 0.1) is 10.1 Å². The summed E-state index contributed by atoms with van der Waals surface area (Å²) in [5, 5.41) is 11.2. The summed E-state index contributed by atoms with van der Waals surface area (Å²) in [6, 6.07) is 3.05. The van der Waals surface area contributed by atoms with Gasteiger partial charge >= 0.3 is 0 Å². The van der Waals surface area contributed by atoms with Crippen LogP contribution in [0.25, 0.3) is 0 Å². The molecule has 2 aliphatic heterocycles. The van der Waals surface area contributed by atoms with Crippen molar-refractivity contribution >= 4 is 82.8 Å². The SMILES string of the molecule is Cl.O=[N+]([O-])c1ccc2c(C(Cl)(Cl)Cl)c1SN1CC=NC1S2. The van der Waals surface area contributed by atoms with Crippen molar-refractivity contribution in [3.05, 3.63) is 27.8 Å². The molecular formula is C10H7Cl4N3O2S2. The van der Waals surface area contributed by atoms with Crippen LogP contribution in [0.4, 0.5) is 5.69 Å². The van der Waals surface area contributed by atoms with Crippen molar-refractivity contribution in [2.45, 2.75) is 19.1 Å². The van der Waals surface area contributed by atoms with Gasteiger partial charge < -0.3 is 0 Å². The van der Waals surface area contributed by atoms with Crippen molar-refractivity contribution in [3.63, 3.8) is 0 Å². The summed E-state index contributed by atoms with van der Waals surface area (Å²) in [5.41, 5.74) is 0.134. The van der Waals surface area contributed by atoms with E-state index in [0.29, 0.717) is 21.9 Å². The topological polar surface area (TPSA) is 58.7 Å². The van der Waals surface area contributed by atoms with Crippen molar-refractivity contribution in [2.24, 2.45) is 4.99 Å². The van der Waals surface area contributed by atoms with Crippen molar-refractivity contribution in [1.82, 2.24) is 4.31 Å². The van der Waals surface area contributed by atoms with Gasteiger partial charge in [-0.2, -0.15) is 0 Å². The number of nitrogens with zero attached hydrogens (tertiary/aromatic N) is 3. The Balaban J connectivity index is 0.00000161. The lowest BCUT2D eigenvalue weighted by Crippen LogP contribution is -2.19. The highest BCUT2D eigenvalue weighted by molar-refractivity contribution is 8.02. The molecule has 1 aromatic carbocycles. The summed E-state index contributed by atoms with van der Waals surface area (Å²) in [6.07, 6.45) is 1.78. The predicted molar refractivity (Wildman–Crippen MR) is 90.3 cm³/mol. The molecule has 1 atom stereocenters. The molecule has 3 rings (SSSR count). The molecule has 0 saturated heterocycles. The Morgan fingerprint density at radius 1 is 1.43 bits per heavy atom. The van der Waals surface area contributed by atoms with Crippen LogP contribution in [-0.2, 0) is 3.79 Å². The lowest BCUT2D eigenvalue weighted by atomic mass is 10.2. The first-order valence-corrected chi connectivity index (χ1v) is 8.18. The second kappa shape index (κ2) is 6.31. The van der Waals surface area contributed by atoms with E-state index in [2.05, 4.69) is 4.99 Å². The molecule has 0 saturated carbocycles. The Kier molecular flexibility index (Phi) is 5.25. The fourth-order valence-electron chi connectivity index (χ4n) is 1.94. The van der Waals surface area contributed by atoms with Crippen molar-refractivity contribution in [2.75, 3.05) is 6.54 Å². The van der Waals surface area contributed by atoms with Crippen LogP contribution in [0.2, 0.25) is 0 Å². The van der Waals surface area contributed by atoms with Gasteiger partial charge in [0.15, 0.2) is 5.50 Å². The first-order chi connectivity index (χ1) is 9.38.